The molecule has 2 aromatic carbocycles. The molecule has 2 saturated heterocycles. The van der Waals surface area contributed by atoms with Crippen molar-refractivity contribution in [2.45, 2.75) is 44.9 Å². The molecule has 0 unspecified atom stereocenters. The van der Waals surface area contributed by atoms with Crippen molar-refractivity contribution in [1.29, 1.82) is 0 Å². The standard InChI is InChI=1S/C29H38N4O/c1-22-30-21-27-28(31-22)7-4-8-29(27)34-18-17-33-15-9-23(10-16-33)19-24-5-3-6-26(20-24)25-11-13-32(2)14-12-25/h3-8,20-21,23,25H,9-19H2,1-2H3. The van der Waals surface area contributed by atoms with Crippen LogP contribution in [-0.2, 0) is 6.42 Å². The van der Waals surface area contributed by atoms with Gasteiger partial charge in [-0.05, 0) is 107 Å². The topological polar surface area (TPSA) is 41.5 Å². The molecule has 0 amide bonds. The van der Waals surface area contributed by atoms with E-state index < -0.39 is 0 Å². The molecule has 3 heterocycles. The van der Waals surface area contributed by atoms with Crippen molar-refractivity contribution in [2.24, 2.45) is 5.92 Å². The van der Waals surface area contributed by atoms with Crippen LogP contribution in [0.1, 0.15) is 48.6 Å². The summed E-state index contributed by atoms with van der Waals surface area (Å²) < 4.78 is 6.14. The molecule has 5 rings (SSSR count). The predicted octanol–water partition coefficient (Wildman–Crippen LogP) is 5.08. The van der Waals surface area contributed by atoms with E-state index in [0.29, 0.717) is 6.61 Å². The number of hydrogen-bond donors (Lipinski definition) is 0. The Labute approximate surface area is 204 Å². The van der Waals surface area contributed by atoms with E-state index in [1.165, 1.54) is 63.8 Å². The molecule has 2 aliphatic heterocycles. The molecule has 0 N–H and O–H groups in total. The number of piperidine rings is 2. The van der Waals surface area contributed by atoms with Crippen molar-refractivity contribution in [1.82, 2.24) is 19.8 Å². The van der Waals surface area contributed by atoms with Crippen molar-refractivity contribution in [2.75, 3.05) is 46.4 Å². The number of nitrogens with zero attached hydrogens (tertiary/aromatic N) is 4. The fourth-order valence-corrected chi connectivity index (χ4v) is 5.59. The Morgan fingerprint density at radius 1 is 0.971 bits per heavy atom. The van der Waals surface area contributed by atoms with Crippen LogP contribution < -0.4 is 4.74 Å². The van der Waals surface area contributed by atoms with Gasteiger partial charge in [-0.2, -0.15) is 0 Å². The van der Waals surface area contributed by atoms with Crippen LogP contribution in [-0.4, -0.2) is 66.1 Å². The summed E-state index contributed by atoms with van der Waals surface area (Å²) in [4.78, 5) is 13.9. The minimum atomic E-state index is 0.705. The molecule has 0 bridgehead atoms. The number of aromatic nitrogens is 2. The van der Waals surface area contributed by atoms with Crippen molar-refractivity contribution in [3.8, 4) is 5.75 Å². The Balaban J connectivity index is 1.08. The minimum Gasteiger partial charge on any atom is -0.491 e. The largest absolute Gasteiger partial charge is 0.491 e. The normalized spacial score (nSPS) is 19.0. The molecule has 3 aromatic rings. The van der Waals surface area contributed by atoms with Crippen LogP contribution >= 0.6 is 0 Å². The van der Waals surface area contributed by atoms with Crippen molar-refractivity contribution in [3.05, 3.63) is 65.6 Å². The number of likely N-dealkylation sites (tertiary alicyclic amines) is 2. The van der Waals surface area contributed by atoms with E-state index in [1.807, 2.05) is 31.3 Å². The lowest BCUT2D eigenvalue weighted by Crippen LogP contribution is -2.37. The van der Waals surface area contributed by atoms with Gasteiger partial charge in [-0.25, -0.2) is 9.97 Å². The lowest BCUT2D eigenvalue weighted by atomic mass is 9.86. The first-order chi connectivity index (χ1) is 16.6. The molecule has 180 valence electrons. The molecule has 2 fully saturated rings. The highest BCUT2D eigenvalue weighted by Crippen LogP contribution is 2.30. The summed E-state index contributed by atoms with van der Waals surface area (Å²) in [6.45, 7) is 8.39. The maximum Gasteiger partial charge on any atom is 0.130 e. The number of benzene rings is 2. The molecule has 2 aliphatic rings. The molecule has 0 radical (unpaired) electrons. The summed E-state index contributed by atoms with van der Waals surface area (Å²) >= 11 is 0. The molecule has 5 nitrogen and oxygen atoms in total. The Bertz CT molecular complexity index is 1080. The lowest BCUT2D eigenvalue weighted by Gasteiger charge is -2.32. The van der Waals surface area contributed by atoms with Gasteiger partial charge in [0, 0.05) is 12.7 Å². The first-order valence-corrected chi connectivity index (χ1v) is 13.0. The predicted molar refractivity (Wildman–Crippen MR) is 139 cm³/mol. The Morgan fingerprint density at radius 3 is 2.59 bits per heavy atom. The maximum atomic E-state index is 6.14. The highest BCUT2D eigenvalue weighted by molar-refractivity contribution is 5.84. The Hall–Kier alpha value is -2.50. The Kier molecular flexibility index (Phi) is 7.41. The SMILES string of the molecule is Cc1ncc2c(OCCN3CCC(Cc4cccc(C5CCN(C)CC5)c4)CC3)cccc2n1. The third-order valence-corrected chi connectivity index (χ3v) is 7.74. The van der Waals surface area contributed by atoms with Crippen LogP contribution in [0.5, 0.6) is 5.75 Å². The molecule has 0 spiro atoms. The third kappa shape index (κ3) is 5.76. The number of aryl methyl sites for hydroxylation is 1. The average molecular weight is 459 g/mol. The van der Waals surface area contributed by atoms with Gasteiger partial charge in [0.1, 0.15) is 18.2 Å². The molecule has 34 heavy (non-hydrogen) atoms. The number of ether oxygens (including phenoxy) is 1. The van der Waals surface area contributed by atoms with Crippen LogP contribution in [0.15, 0.2) is 48.7 Å². The average Bonchev–Trinajstić information content (AvgIpc) is 2.86. The maximum absolute atomic E-state index is 6.14. The summed E-state index contributed by atoms with van der Waals surface area (Å²) in [7, 11) is 2.24. The van der Waals surface area contributed by atoms with Crippen molar-refractivity contribution < 1.29 is 4.74 Å². The minimum absolute atomic E-state index is 0.705. The van der Waals surface area contributed by atoms with Crippen LogP contribution in [0.2, 0.25) is 0 Å². The highest BCUT2D eigenvalue weighted by Gasteiger charge is 2.21. The molecule has 1 aromatic heterocycles. The zero-order valence-electron chi connectivity index (χ0n) is 20.7. The Morgan fingerprint density at radius 2 is 1.76 bits per heavy atom. The van der Waals surface area contributed by atoms with E-state index in [-0.39, 0.29) is 0 Å². The molecular formula is C29H38N4O. The van der Waals surface area contributed by atoms with Crippen LogP contribution in [0.25, 0.3) is 10.9 Å². The smallest absolute Gasteiger partial charge is 0.130 e. The lowest BCUT2D eigenvalue weighted by molar-refractivity contribution is 0.155. The fraction of sp³-hybridized carbons (Fsp3) is 0.517. The van der Waals surface area contributed by atoms with Gasteiger partial charge in [-0.3, -0.25) is 4.90 Å². The summed E-state index contributed by atoms with van der Waals surface area (Å²) in [5, 5.41) is 0.995. The second kappa shape index (κ2) is 10.8. The van der Waals surface area contributed by atoms with E-state index in [1.54, 1.807) is 5.56 Å². The zero-order valence-corrected chi connectivity index (χ0v) is 20.7. The number of hydrogen-bond acceptors (Lipinski definition) is 5. The summed E-state index contributed by atoms with van der Waals surface area (Å²) in [5.41, 5.74) is 4.05. The zero-order chi connectivity index (χ0) is 23.3. The van der Waals surface area contributed by atoms with Gasteiger partial charge in [0.2, 0.25) is 0 Å². The monoisotopic (exact) mass is 458 g/mol. The van der Waals surface area contributed by atoms with E-state index in [0.717, 1.165) is 40.9 Å². The van der Waals surface area contributed by atoms with Gasteiger partial charge in [0.05, 0.1) is 10.9 Å². The van der Waals surface area contributed by atoms with Crippen LogP contribution in [0.3, 0.4) is 0 Å². The van der Waals surface area contributed by atoms with E-state index in [2.05, 4.69) is 51.1 Å². The molecule has 0 atom stereocenters. The molecule has 0 saturated carbocycles. The quantitative estimate of drug-likeness (QED) is 0.494. The van der Waals surface area contributed by atoms with Gasteiger partial charge >= 0.3 is 0 Å². The summed E-state index contributed by atoms with van der Waals surface area (Å²) in [6.07, 6.45) is 8.25. The second-order valence-electron chi connectivity index (χ2n) is 10.3. The van der Waals surface area contributed by atoms with Gasteiger partial charge in [-0.1, -0.05) is 30.3 Å². The van der Waals surface area contributed by atoms with Crippen LogP contribution in [0, 0.1) is 12.8 Å². The summed E-state index contributed by atoms with van der Waals surface area (Å²) in [5.74, 6) is 3.22. The van der Waals surface area contributed by atoms with Crippen molar-refractivity contribution in [3.63, 3.8) is 0 Å². The molecule has 0 aliphatic carbocycles. The van der Waals surface area contributed by atoms with Gasteiger partial charge in [0.15, 0.2) is 0 Å². The number of rotatable bonds is 7. The highest BCUT2D eigenvalue weighted by atomic mass is 16.5. The second-order valence-corrected chi connectivity index (χ2v) is 10.3. The van der Waals surface area contributed by atoms with Gasteiger partial charge in [0.25, 0.3) is 0 Å². The van der Waals surface area contributed by atoms with Crippen LogP contribution in [0.4, 0.5) is 0 Å². The van der Waals surface area contributed by atoms with E-state index in [9.17, 15) is 0 Å². The first-order valence-electron chi connectivity index (χ1n) is 13.0. The third-order valence-electron chi connectivity index (χ3n) is 7.74. The molecule has 5 heteroatoms. The fourth-order valence-electron chi connectivity index (χ4n) is 5.59. The molecular weight excluding hydrogens is 420 g/mol. The van der Waals surface area contributed by atoms with Gasteiger partial charge in [-0.15, -0.1) is 0 Å². The first kappa shape index (κ1) is 23.3. The number of fused-ring (bicyclic) bond motifs is 1. The van der Waals surface area contributed by atoms with Crippen molar-refractivity contribution >= 4 is 10.9 Å². The summed E-state index contributed by atoms with van der Waals surface area (Å²) in [6, 6.07) is 15.5. The van der Waals surface area contributed by atoms with Gasteiger partial charge < -0.3 is 9.64 Å². The van der Waals surface area contributed by atoms with E-state index >= 15 is 0 Å². The van der Waals surface area contributed by atoms with E-state index in [4.69, 9.17) is 4.74 Å².